The summed E-state index contributed by atoms with van der Waals surface area (Å²) in [6.45, 7) is 2.66. The molecule has 0 bridgehead atoms. The Balaban J connectivity index is 1.46. The molecule has 2 nitrogen and oxygen atoms in total. The van der Waals surface area contributed by atoms with E-state index in [4.69, 9.17) is 11.6 Å². The molecule has 0 spiro atoms. The fraction of sp³-hybridized carbons (Fsp3) is 0.409. The van der Waals surface area contributed by atoms with Crippen molar-refractivity contribution in [1.82, 2.24) is 4.90 Å². The second kappa shape index (κ2) is 9.10. The second-order valence-electron chi connectivity index (χ2n) is 7.47. The monoisotopic (exact) mass is 409 g/mol. The molecule has 3 rings (SSSR count). The Bertz CT molecular complexity index is 813. The first-order valence-corrected chi connectivity index (χ1v) is 9.82. The van der Waals surface area contributed by atoms with Gasteiger partial charge < -0.3 is 0 Å². The van der Waals surface area contributed by atoms with Crippen molar-refractivity contribution in [2.45, 2.75) is 38.4 Å². The number of rotatable bonds is 6. The minimum Gasteiger partial charge on any atom is -0.299 e. The van der Waals surface area contributed by atoms with Gasteiger partial charge in [-0.3, -0.25) is 9.69 Å². The molecule has 0 unspecified atom stereocenters. The van der Waals surface area contributed by atoms with Crippen molar-refractivity contribution in [3.05, 3.63) is 70.2 Å². The van der Waals surface area contributed by atoms with Gasteiger partial charge in [-0.05, 0) is 61.2 Å². The van der Waals surface area contributed by atoms with E-state index in [0.717, 1.165) is 49.6 Å². The Kier molecular flexibility index (Phi) is 6.78. The number of alkyl halides is 3. The van der Waals surface area contributed by atoms with Crippen LogP contribution in [0.5, 0.6) is 0 Å². The molecule has 0 N–H and O–H groups in total. The van der Waals surface area contributed by atoms with Gasteiger partial charge in [0.2, 0.25) is 0 Å². The van der Waals surface area contributed by atoms with Crippen LogP contribution in [0.25, 0.3) is 0 Å². The molecule has 0 aromatic heterocycles. The van der Waals surface area contributed by atoms with E-state index in [1.165, 1.54) is 11.6 Å². The molecule has 2 aromatic carbocycles. The number of hydrogen-bond acceptors (Lipinski definition) is 2. The van der Waals surface area contributed by atoms with E-state index in [-0.39, 0.29) is 12.2 Å². The van der Waals surface area contributed by atoms with Gasteiger partial charge in [0.1, 0.15) is 5.78 Å². The van der Waals surface area contributed by atoms with E-state index in [1.54, 1.807) is 6.07 Å². The number of carbonyl (C=O) groups is 1. The average molecular weight is 410 g/mol. The summed E-state index contributed by atoms with van der Waals surface area (Å²) in [5.41, 5.74) is 0.900. The molecule has 1 saturated heterocycles. The van der Waals surface area contributed by atoms with Crippen LogP contribution in [-0.2, 0) is 23.9 Å². The van der Waals surface area contributed by atoms with Crippen LogP contribution in [0.3, 0.4) is 0 Å². The summed E-state index contributed by atoms with van der Waals surface area (Å²) in [5, 5.41) is 0.729. The van der Waals surface area contributed by atoms with Gasteiger partial charge in [-0.25, -0.2) is 0 Å². The van der Waals surface area contributed by atoms with Crippen molar-refractivity contribution in [3.8, 4) is 0 Å². The number of nitrogens with zero attached hydrogens (tertiary/aromatic N) is 1. The Labute approximate surface area is 168 Å². The van der Waals surface area contributed by atoms with Crippen molar-refractivity contribution in [2.24, 2.45) is 5.92 Å². The Morgan fingerprint density at radius 3 is 2.39 bits per heavy atom. The average Bonchev–Trinajstić information content (AvgIpc) is 2.63. The third-order valence-corrected chi connectivity index (χ3v) is 5.41. The van der Waals surface area contributed by atoms with E-state index >= 15 is 0 Å². The highest BCUT2D eigenvalue weighted by molar-refractivity contribution is 6.30. The molecular weight excluding hydrogens is 387 g/mol. The summed E-state index contributed by atoms with van der Waals surface area (Å²) >= 11 is 6.03. The zero-order valence-corrected chi connectivity index (χ0v) is 16.3. The molecule has 0 amide bonds. The SMILES string of the molecule is O=C(Cc1cccc(C(F)(F)F)c1)CC1CCN(Cc2cccc(Cl)c2)CC1. The minimum absolute atomic E-state index is 0.00705. The maximum atomic E-state index is 12.8. The molecule has 2 aromatic rings. The zero-order valence-electron chi connectivity index (χ0n) is 15.5. The van der Waals surface area contributed by atoms with Crippen LogP contribution in [-0.4, -0.2) is 23.8 Å². The fourth-order valence-corrected chi connectivity index (χ4v) is 3.93. The molecule has 0 aliphatic carbocycles. The highest BCUT2D eigenvalue weighted by Crippen LogP contribution is 2.30. The van der Waals surface area contributed by atoms with Gasteiger partial charge in [-0.1, -0.05) is 41.9 Å². The highest BCUT2D eigenvalue weighted by Gasteiger charge is 2.30. The molecule has 28 heavy (non-hydrogen) atoms. The maximum Gasteiger partial charge on any atom is 0.416 e. The third kappa shape index (κ3) is 6.08. The Morgan fingerprint density at radius 1 is 1.04 bits per heavy atom. The smallest absolute Gasteiger partial charge is 0.299 e. The van der Waals surface area contributed by atoms with Crippen molar-refractivity contribution >= 4 is 17.4 Å². The molecule has 0 radical (unpaired) electrons. The number of benzene rings is 2. The first-order valence-electron chi connectivity index (χ1n) is 9.44. The van der Waals surface area contributed by atoms with Crippen LogP contribution in [0.1, 0.15) is 36.0 Å². The van der Waals surface area contributed by atoms with Crippen molar-refractivity contribution < 1.29 is 18.0 Å². The molecule has 0 saturated carbocycles. The van der Waals surface area contributed by atoms with Crippen LogP contribution < -0.4 is 0 Å². The normalized spacial score (nSPS) is 16.3. The number of likely N-dealkylation sites (tertiary alicyclic amines) is 1. The molecular formula is C22H23ClF3NO. The van der Waals surface area contributed by atoms with E-state index in [0.29, 0.717) is 17.9 Å². The summed E-state index contributed by atoms with van der Waals surface area (Å²) in [6.07, 6.45) is -2.04. The number of halogens is 4. The molecule has 0 atom stereocenters. The zero-order chi connectivity index (χ0) is 20.1. The third-order valence-electron chi connectivity index (χ3n) is 5.17. The lowest BCUT2D eigenvalue weighted by Gasteiger charge is -2.31. The topological polar surface area (TPSA) is 20.3 Å². The summed E-state index contributed by atoms with van der Waals surface area (Å²) < 4.78 is 38.4. The number of ketones is 1. The molecule has 1 heterocycles. The van der Waals surface area contributed by atoms with Crippen LogP contribution >= 0.6 is 11.6 Å². The van der Waals surface area contributed by atoms with Crippen LogP contribution in [0.4, 0.5) is 13.2 Å². The van der Waals surface area contributed by atoms with Crippen LogP contribution in [0.15, 0.2) is 48.5 Å². The molecule has 150 valence electrons. The largest absolute Gasteiger partial charge is 0.416 e. The highest BCUT2D eigenvalue weighted by atomic mass is 35.5. The predicted octanol–water partition coefficient (Wildman–Crippen LogP) is 5.77. The number of hydrogen-bond donors (Lipinski definition) is 0. The van der Waals surface area contributed by atoms with Crippen LogP contribution in [0, 0.1) is 5.92 Å². The quantitative estimate of drug-likeness (QED) is 0.603. The standard InChI is InChI=1S/C22H23ClF3NO/c23-20-6-2-4-18(12-20)15-27-9-7-16(8-10-27)13-21(28)14-17-3-1-5-19(11-17)22(24,25)26/h1-6,11-12,16H,7-10,13-15H2. The van der Waals surface area contributed by atoms with E-state index in [2.05, 4.69) is 11.0 Å². The van der Waals surface area contributed by atoms with Gasteiger partial charge in [-0.15, -0.1) is 0 Å². The van der Waals surface area contributed by atoms with Crippen molar-refractivity contribution in [3.63, 3.8) is 0 Å². The summed E-state index contributed by atoms with van der Waals surface area (Å²) in [4.78, 5) is 14.7. The van der Waals surface area contributed by atoms with E-state index < -0.39 is 11.7 Å². The number of carbonyl (C=O) groups excluding carboxylic acids is 1. The van der Waals surface area contributed by atoms with Gasteiger partial charge in [-0.2, -0.15) is 13.2 Å². The van der Waals surface area contributed by atoms with Crippen LogP contribution in [0.2, 0.25) is 5.02 Å². The summed E-state index contributed by atoms with van der Waals surface area (Å²) in [6, 6.07) is 12.9. The molecule has 6 heteroatoms. The van der Waals surface area contributed by atoms with Gasteiger partial charge in [0.25, 0.3) is 0 Å². The lowest BCUT2D eigenvalue weighted by molar-refractivity contribution is -0.137. The predicted molar refractivity (Wildman–Crippen MR) is 104 cm³/mol. The van der Waals surface area contributed by atoms with Crippen molar-refractivity contribution in [2.75, 3.05) is 13.1 Å². The van der Waals surface area contributed by atoms with Gasteiger partial charge >= 0.3 is 6.18 Å². The first-order chi connectivity index (χ1) is 13.3. The van der Waals surface area contributed by atoms with E-state index in [1.807, 2.05) is 18.2 Å². The lowest BCUT2D eigenvalue weighted by Crippen LogP contribution is -2.34. The van der Waals surface area contributed by atoms with Gasteiger partial charge in [0.05, 0.1) is 5.56 Å². The molecule has 1 aliphatic rings. The number of piperidine rings is 1. The van der Waals surface area contributed by atoms with E-state index in [9.17, 15) is 18.0 Å². The number of Topliss-reactive ketones (excluding diaryl/α,β-unsaturated/α-hetero) is 1. The second-order valence-corrected chi connectivity index (χ2v) is 7.90. The summed E-state index contributed by atoms with van der Waals surface area (Å²) in [7, 11) is 0. The maximum absolute atomic E-state index is 12.8. The fourth-order valence-electron chi connectivity index (χ4n) is 3.72. The first kappa shape index (κ1) is 20.9. The minimum atomic E-state index is -4.38. The van der Waals surface area contributed by atoms with Gasteiger partial charge in [0, 0.05) is 24.4 Å². The Morgan fingerprint density at radius 2 is 1.71 bits per heavy atom. The lowest BCUT2D eigenvalue weighted by atomic mass is 9.89. The summed E-state index contributed by atoms with van der Waals surface area (Å²) in [5.74, 6) is 0.307. The van der Waals surface area contributed by atoms with Gasteiger partial charge in [0.15, 0.2) is 0 Å². The molecule has 1 aliphatic heterocycles. The molecule has 1 fully saturated rings. The Hall–Kier alpha value is -1.85. The van der Waals surface area contributed by atoms with Crippen molar-refractivity contribution in [1.29, 1.82) is 0 Å².